The number of esters is 1. The van der Waals surface area contributed by atoms with Crippen molar-refractivity contribution >= 4 is 11.9 Å². The van der Waals surface area contributed by atoms with Gasteiger partial charge in [0.25, 0.3) is 0 Å². The molecular formula is C14H26N2O3. The van der Waals surface area contributed by atoms with E-state index in [1.165, 1.54) is 7.11 Å². The molecule has 0 aromatic rings. The maximum absolute atomic E-state index is 12.0. The molecule has 0 spiro atoms. The van der Waals surface area contributed by atoms with Gasteiger partial charge >= 0.3 is 5.97 Å². The smallest absolute Gasteiger partial charge is 0.310 e. The normalized spacial score (nSPS) is 25.1. The number of rotatable bonds is 6. The lowest BCUT2D eigenvalue weighted by atomic mass is 9.99. The van der Waals surface area contributed by atoms with Gasteiger partial charge in [-0.05, 0) is 19.3 Å². The van der Waals surface area contributed by atoms with Crippen LogP contribution in [0.15, 0.2) is 0 Å². The minimum absolute atomic E-state index is 0.0474. The molecule has 3 atom stereocenters. The molecule has 3 unspecified atom stereocenters. The van der Waals surface area contributed by atoms with E-state index in [-0.39, 0.29) is 29.8 Å². The van der Waals surface area contributed by atoms with Crippen molar-refractivity contribution in [3.05, 3.63) is 0 Å². The van der Waals surface area contributed by atoms with E-state index in [0.29, 0.717) is 6.54 Å². The predicted octanol–water partition coefficient (Wildman–Crippen LogP) is 1.03. The fourth-order valence-corrected chi connectivity index (χ4v) is 2.48. The van der Waals surface area contributed by atoms with E-state index < -0.39 is 0 Å². The van der Waals surface area contributed by atoms with Crippen LogP contribution in [0.2, 0.25) is 0 Å². The zero-order valence-corrected chi connectivity index (χ0v) is 12.4. The lowest BCUT2D eigenvalue weighted by Crippen LogP contribution is -2.44. The van der Waals surface area contributed by atoms with Crippen LogP contribution in [-0.2, 0) is 14.3 Å². The van der Waals surface area contributed by atoms with E-state index in [9.17, 15) is 9.59 Å². The van der Waals surface area contributed by atoms with Crippen molar-refractivity contribution in [1.82, 2.24) is 10.2 Å². The first-order valence-corrected chi connectivity index (χ1v) is 7.10. The third-order valence-electron chi connectivity index (χ3n) is 3.90. The SMILES string of the molecule is CCCCNC(=O)C(C)N1CC(C)C(C(=O)OC)C1. The van der Waals surface area contributed by atoms with Gasteiger partial charge in [-0.25, -0.2) is 0 Å². The zero-order valence-electron chi connectivity index (χ0n) is 12.4. The van der Waals surface area contributed by atoms with E-state index in [2.05, 4.69) is 17.1 Å². The predicted molar refractivity (Wildman–Crippen MR) is 73.6 cm³/mol. The molecule has 5 heteroatoms. The van der Waals surface area contributed by atoms with Crippen LogP contribution in [0, 0.1) is 11.8 Å². The fourth-order valence-electron chi connectivity index (χ4n) is 2.48. The number of likely N-dealkylation sites (tertiary alicyclic amines) is 1. The van der Waals surface area contributed by atoms with Crippen LogP contribution in [0.3, 0.4) is 0 Å². The second-order valence-electron chi connectivity index (χ2n) is 5.38. The van der Waals surface area contributed by atoms with Crippen LogP contribution >= 0.6 is 0 Å². The molecule has 1 heterocycles. The topological polar surface area (TPSA) is 58.6 Å². The molecule has 1 amide bonds. The number of ether oxygens (including phenoxy) is 1. The largest absolute Gasteiger partial charge is 0.469 e. The van der Waals surface area contributed by atoms with Crippen LogP contribution < -0.4 is 5.32 Å². The van der Waals surface area contributed by atoms with Crippen molar-refractivity contribution in [3.8, 4) is 0 Å². The Morgan fingerprint density at radius 3 is 2.68 bits per heavy atom. The van der Waals surface area contributed by atoms with Crippen LogP contribution in [0.4, 0.5) is 0 Å². The molecule has 0 aliphatic carbocycles. The highest BCUT2D eigenvalue weighted by molar-refractivity contribution is 5.81. The molecule has 1 fully saturated rings. The number of unbranched alkanes of at least 4 members (excludes halogenated alkanes) is 1. The lowest BCUT2D eigenvalue weighted by molar-refractivity contribution is -0.146. The Balaban J connectivity index is 2.48. The molecule has 19 heavy (non-hydrogen) atoms. The molecule has 0 aromatic heterocycles. The van der Waals surface area contributed by atoms with E-state index in [1.54, 1.807) is 0 Å². The van der Waals surface area contributed by atoms with Crippen molar-refractivity contribution in [3.63, 3.8) is 0 Å². The monoisotopic (exact) mass is 270 g/mol. The summed E-state index contributed by atoms with van der Waals surface area (Å²) in [5, 5.41) is 2.94. The molecule has 0 saturated carbocycles. The summed E-state index contributed by atoms with van der Waals surface area (Å²) < 4.78 is 4.81. The van der Waals surface area contributed by atoms with Gasteiger partial charge in [-0.15, -0.1) is 0 Å². The number of carbonyl (C=O) groups excluding carboxylic acids is 2. The molecule has 0 radical (unpaired) electrons. The van der Waals surface area contributed by atoms with Crippen LogP contribution in [-0.4, -0.2) is 49.6 Å². The Morgan fingerprint density at radius 2 is 2.11 bits per heavy atom. The summed E-state index contributed by atoms with van der Waals surface area (Å²) in [5.74, 6) is -0.00556. The third kappa shape index (κ3) is 4.20. The highest BCUT2D eigenvalue weighted by atomic mass is 16.5. The molecule has 1 aliphatic rings. The van der Waals surface area contributed by atoms with Crippen LogP contribution in [0.25, 0.3) is 0 Å². The summed E-state index contributed by atoms with van der Waals surface area (Å²) in [4.78, 5) is 25.7. The minimum Gasteiger partial charge on any atom is -0.469 e. The lowest BCUT2D eigenvalue weighted by Gasteiger charge is -2.23. The molecule has 1 N–H and O–H groups in total. The molecule has 110 valence electrons. The highest BCUT2D eigenvalue weighted by Gasteiger charge is 2.38. The van der Waals surface area contributed by atoms with Crippen LogP contribution in [0.1, 0.15) is 33.6 Å². The molecule has 0 bridgehead atoms. The molecule has 5 nitrogen and oxygen atoms in total. The summed E-state index contributed by atoms with van der Waals surface area (Å²) in [6.07, 6.45) is 2.07. The quantitative estimate of drug-likeness (QED) is 0.578. The molecule has 1 aliphatic heterocycles. The van der Waals surface area contributed by atoms with Crippen molar-refractivity contribution in [2.24, 2.45) is 11.8 Å². The first kappa shape index (κ1) is 16.0. The van der Waals surface area contributed by atoms with Gasteiger partial charge in [-0.1, -0.05) is 20.3 Å². The Labute approximate surface area is 115 Å². The standard InChI is InChI=1S/C14H26N2O3/c1-5-6-7-15-13(17)11(3)16-8-10(2)12(9-16)14(18)19-4/h10-12H,5-9H2,1-4H3,(H,15,17). The number of nitrogens with zero attached hydrogens (tertiary/aromatic N) is 1. The molecule has 0 aromatic carbocycles. The van der Waals surface area contributed by atoms with Crippen LogP contribution in [0.5, 0.6) is 0 Å². The van der Waals surface area contributed by atoms with Gasteiger partial charge in [-0.3, -0.25) is 14.5 Å². The Kier molecular flexibility index (Phi) is 6.28. The number of methoxy groups -OCH3 is 1. The van der Waals surface area contributed by atoms with Gasteiger partial charge in [0.15, 0.2) is 0 Å². The van der Waals surface area contributed by atoms with Gasteiger partial charge in [0.05, 0.1) is 19.1 Å². The van der Waals surface area contributed by atoms with E-state index in [0.717, 1.165) is 25.9 Å². The summed E-state index contributed by atoms with van der Waals surface area (Å²) in [6.45, 7) is 8.12. The van der Waals surface area contributed by atoms with Gasteiger partial charge in [0.1, 0.15) is 0 Å². The number of hydrogen-bond acceptors (Lipinski definition) is 4. The van der Waals surface area contributed by atoms with Gasteiger partial charge < -0.3 is 10.1 Å². The third-order valence-corrected chi connectivity index (χ3v) is 3.90. The summed E-state index contributed by atoms with van der Waals surface area (Å²) >= 11 is 0. The maximum atomic E-state index is 12.0. The number of hydrogen-bond donors (Lipinski definition) is 1. The van der Waals surface area contributed by atoms with Gasteiger partial charge in [0, 0.05) is 19.6 Å². The molecule has 1 saturated heterocycles. The van der Waals surface area contributed by atoms with Crippen molar-refractivity contribution in [1.29, 1.82) is 0 Å². The summed E-state index contributed by atoms with van der Waals surface area (Å²) in [6, 6.07) is -0.186. The Bertz CT molecular complexity index is 320. The second-order valence-corrected chi connectivity index (χ2v) is 5.38. The number of nitrogens with one attached hydrogen (secondary N) is 1. The number of carbonyl (C=O) groups is 2. The summed E-state index contributed by atoms with van der Waals surface area (Å²) in [5.41, 5.74) is 0. The molecular weight excluding hydrogens is 244 g/mol. The average molecular weight is 270 g/mol. The first-order valence-electron chi connectivity index (χ1n) is 7.10. The van der Waals surface area contributed by atoms with E-state index >= 15 is 0 Å². The van der Waals surface area contributed by atoms with E-state index in [4.69, 9.17) is 4.74 Å². The Hall–Kier alpha value is -1.10. The van der Waals surface area contributed by atoms with Crippen molar-refractivity contribution in [2.45, 2.75) is 39.7 Å². The molecule has 1 rings (SSSR count). The fraction of sp³-hybridized carbons (Fsp3) is 0.857. The average Bonchev–Trinajstić information content (AvgIpc) is 2.79. The van der Waals surface area contributed by atoms with E-state index in [1.807, 2.05) is 13.8 Å². The first-order chi connectivity index (χ1) is 9.01. The second kappa shape index (κ2) is 7.48. The van der Waals surface area contributed by atoms with Gasteiger partial charge in [-0.2, -0.15) is 0 Å². The minimum atomic E-state index is -0.186. The Morgan fingerprint density at radius 1 is 1.42 bits per heavy atom. The van der Waals surface area contributed by atoms with Crippen molar-refractivity contribution in [2.75, 3.05) is 26.7 Å². The van der Waals surface area contributed by atoms with Crippen molar-refractivity contribution < 1.29 is 14.3 Å². The zero-order chi connectivity index (χ0) is 14.4. The summed E-state index contributed by atoms with van der Waals surface area (Å²) in [7, 11) is 1.42. The number of amides is 1. The maximum Gasteiger partial charge on any atom is 0.310 e. The highest BCUT2D eigenvalue weighted by Crippen LogP contribution is 2.25. The van der Waals surface area contributed by atoms with Gasteiger partial charge in [0.2, 0.25) is 5.91 Å².